The van der Waals surface area contributed by atoms with Gasteiger partial charge in [0.25, 0.3) is 0 Å². The molecule has 0 fully saturated rings. The lowest BCUT2D eigenvalue weighted by Crippen LogP contribution is -1.95. The van der Waals surface area contributed by atoms with Crippen molar-refractivity contribution in [3.63, 3.8) is 0 Å². The number of H-pyrrole nitrogens is 1. The van der Waals surface area contributed by atoms with E-state index in [2.05, 4.69) is 37.3 Å². The molecule has 0 saturated carbocycles. The molecule has 0 aliphatic carbocycles. The number of hydrogen-bond donors (Lipinski definition) is 1. The first kappa shape index (κ1) is 14.9. The van der Waals surface area contributed by atoms with Crippen LogP contribution in [0.4, 0.5) is 0 Å². The molecule has 0 saturated heterocycles. The van der Waals surface area contributed by atoms with Crippen molar-refractivity contribution < 1.29 is 0 Å². The number of aryl methyl sites for hydroxylation is 1. The predicted molar refractivity (Wildman–Crippen MR) is 94.7 cm³/mol. The van der Waals surface area contributed by atoms with E-state index in [0.29, 0.717) is 10.6 Å². The van der Waals surface area contributed by atoms with Gasteiger partial charge in [-0.15, -0.1) is 0 Å². The zero-order valence-electron chi connectivity index (χ0n) is 11.8. The lowest BCUT2D eigenvalue weighted by Gasteiger charge is -2.02. The van der Waals surface area contributed by atoms with Crippen molar-refractivity contribution in [1.82, 2.24) is 14.9 Å². The molecule has 0 radical (unpaired) electrons. The Labute approximate surface area is 141 Å². The summed E-state index contributed by atoms with van der Waals surface area (Å²) in [6.07, 6.45) is 1.76. The Morgan fingerprint density at radius 3 is 2.73 bits per heavy atom. The molecule has 6 heteroatoms. The smallest absolute Gasteiger partial charge is 0.216 e. The fraction of sp³-hybridized carbons (Fsp3) is 0.0625. The maximum Gasteiger partial charge on any atom is 0.216 e. The topological polar surface area (TPSA) is 46.0 Å². The van der Waals surface area contributed by atoms with Gasteiger partial charge < -0.3 is 0 Å². The maximum absolute atomic E-state index is 5.27. The molecule has 0 unspecified atom stereocenters. The van der Waals surface area contributed by atoms with E-state index in [1.165, 1.54) is 0 Å². The molecule has 1 aromatic heterocycles. The van der Waals surface area contributed by atoms with Crippen LogP contribution in [0.3, 0.4) is 0 Å². The number of aromatic amines is 1. The first-order valence-corrected chi connectivity index (χ1v) is 7.88. The number of aromatic nitrogens is 3. The highest BCUT2D eigenvalue weighted by Gasteiger charge is 2.07. The van der Waals surface area contributed by atoms with Gasteiger partial charge in [0.1, 0.15) is 0 Å². The van der Waals surface area contributed by atoms with Crippen LogP contribution in [0.5, 0.6) is 0 Å². The lowest BCUT2D eigenvalue weighted by molar-refractivity contribution is 0.871. The van der Waals surface area contributed by atoms with E-state index >= 15 is 0 Å². The number of halogens is 1. The second kappa shape index (κ2) is 6.37. The van der Waals surface area contributed by atoms with Crippen LogP contribution in [0.2, 0.25) is 0 Å². The van der Waals surface area contributed by atoms with Gasteiger partial charge in [-0.1, -0.05) is 51.8 Å². The molecule has 110 valence electrons. The van der Waals surface area contributed by atoms with Gasteiger partial charge in [0.05, 0.1) is 6.21 Å². The van der Waals surface area contributed by atoms with Crippen LogP contribution in [0, 0.1) is 11.7 Å². The molecule has 3 rings (SSSR count). The summed E-state index contributed by atoms with van der Waals surface area (Å²) in [6, 6.07) is 16.0. The van der Waals surface area contributed by atoms with Gasteiger partial charge in [0, 0.05) is 10.0 Å². The van der Waals surface area contributed by atoms with Crippen molar-refractivity contribution >= 4 is 34.4 Å². The van der Waals surface area contributed by atoms with Crippen LogP contribution in [-0.2, 0) is 0 Å². The summed E-state index contributed by atoms with van der Waals surface area (Å²) in [7, 11) is 0. The van der Waals surface area contributed by atoms with E-state index in [1.54, 1.807) is 10.9 Å². The molecule has 0 amide bonds. The van der Waals surface area contributed by atoms with Crippen molar-refractivity contribution in [2.24, 2.45) is 5.10 Å². The molecule has 22 heavy (non-hydrogen) atoms. The third-order valence-corrected chi connectivity index (χ3v) is 3.91. The number of benzene rings is 2. The average Bonchev–Trinajstić information content (AvgIpc) is 2.88. The van der Waals surface area contributed by atoms with Crippen molar-refractivity contribution in [3.8, 4) is 11.4 Å². The minimum Gasteiger partial charge on any atom is -0.250 e. The Bertz CT molecular complexity index is 878. The van der Waals surface area contributed by atoms with E-state index in [9.17, 15) is 0 Å². The summed E-state index contributed by atoms with van der Waals surface area (Å²) in [4.78, 5) is 0. The fourth-order valence-corrected chi connectivity index (χ4v) is 2.49. The molecule has 1 N–H and O–H groups in total. The van der Waals surface area contributed by atoms with Crippen molar-refractivity contribution in [3.05, 3.63) is 68.9 Å². The van der Waals surface area contributed by atoms with Crippen LogP contribution in [0.25, 0.3) is 11.4 Å². The molecule has 0 aliphatic rings. The highest BCUT2D eigenvalue weighted by atomic mass is 79.9. The van der Waals surface area contributed by atoms with E-state index in [0.717, 1.165) is 21.2 Å². The van der Waals surface area contributed by atoms with E-state index in [4.69, 9.17) is 12.2 Å². The molecular formula is C16H13BrN4S. The van der Waals surface area contributed by atoms with Gasteiger partial charge in [-0.3, -0.25) is 0 Å². The van der Waals surface area contributed by atoms with Crippen molar-refractivity contribution in [2.75, 3.05) is 0 Å². The van der Waals surface area contributed by atoms with Crippen LogP contribution >= 0.6 is 28.1 Å². The first-order valence-electron chi connectivity index (χ1n) is 6.68. The highest BCUT2D eigenvalue weighted by Crippen LogP contribution is 2.18. The number of nitrogens with zero attached hydrogens (tertiary/aromatic N) is 3. The molecule has 0 bridgehead atoms. The third-order valence-electron chi connectivity index (χ3n) is 3.12. The zero-order chi connectivity index (χ0) is 15.5. The molecule has 2 aromatic carbocycles. The van der Waals surface area contributed by atoms with Gasteiger partial charge in [-0.2, -0.15) is 14.9 Å². The minimum atomic E-state index is 0.463. The third kappa shape index (κ3) is 3.23. The zero-order valence-corrected chi connectivity index (χ0v) is 14.2. The van der Waals surface area contributed by atoms with E-state index in [-0.39, 0.29) is 0 Å². The summed E-state index contributed by atoms with van der Waals surface area (Å²) in [5.41, 5.74) is 3.12. The van der Waals surface area contributed by atoms with Gasteiger partial charge >= 0.3 is 0 Å². The Kier molecular flexibility index (Phi) is 4.31. The largest absolute Gasteiger partial charge is 0.250 e. The maximum atomic E-state index is 5.27. The molecular weight excluding hydrogens is 360 g/mol. The summed E-state index contributed by atoms with van der Waals surface area (Å²) in [6.45, 7) is 2.04. The molecule has 4 nitrogen and oxygen atoms in total. The van der Waals surface area contributed by atoms with Gasteiger partial charge in [0.15, 0.2) is 5.82 Å². The van der Waals surface area contributed by atoms with Crippen LogP contribution in [0.1, 0.15) is 11.1 Å². The molecule has 0 aliphatic heterocycles. The average molecular weight is 373 g/mol. The SMILES string of the molecule is Cc1cccc(-c2n[nH]c(=S)n2/N=C\c2ccc(Br)cc2)c1. The monoisotopic (exact) mass is 372 g/mol. The lowest BCUT2D eigenvalue weighted by atomic mass is 10.1. The van der Waals surface area contributed by atoms with Crippen LogP contribution in [0.15, 0.2) is 58.1 Å². The van der Waals surface area contributed by atoms with E-state index in [1.807, 2.05) is 49.4 Å². The Morgan fingerprint density at radius 2 is 2.00 bits per heavy atom. The summed E-state index contributed by atoms with van der Waals surface area (Å²) in [5, 5.41) is 11.5. The quantitative estimate of drug-likeness (QED) is 0.540. The molecule has 3 aromatic rings. The Hall–Kier alpha value is -2.05. The minimum absolute atomic E-state index is 0.463. The van der Waals surface area contributed by atoms with Gasteiger partial charge in [-0.05, 0) is 42.9 Å². The van der Waals surface area contributed by atoms with Gasteiger partial charge in [0.2, 0.25) is 4.77 Å². The summed E-state index contributed by atoms with van der Waals surface area (Å²) >= 11 is 8.68. The standard InChI is InChI=1S/C16H13BrN4S/c1-11-3-2-4-13(9-11)15-19-20-16(22)21(15)18-10-12-5-7-14(17)8-6-12/h2-10H,1H3,(H,20,22)/b18-10-. The second-order valence-electron chi connectivity index (χ2n) is 4.83. The Balaban J connectivity index is 1.99. The number of hydrogen-bond acceptors (Lipinski definition) is 3. The van der Waals surface area contributed by atoms with Crippen LogP contribution < -0.4 is 0 Å². The first-order chi connectivity index (χ1) is 10.6. The highest BCUT2D eigenvalue weighted by molar-refractivity contribution is 9.10. The number of nitrogens with one attached hydrogen (secondary N) is 1. The summed E-state index contributed by atoms with van der Waals surface area (Å²) in [5.74, 6) is 0.696. The normalized spacial score (nSPS) is 11.2. The van der Waals surface area contributed by atoms with E-state index < -0.39 is 0 Å². The number of rotatable bonds is 3. The Morgan fingerprint density at radius 1 is 1.23 bits per heavy atom. The molecule has 0 atom stereocenters. The summed E-state index contributed by atoms with van der Waals surface area (Å²) < 4.78 is 3.13. The van der Waals surface area contributed by atoms with Gasteiger partial charge in [-0.25, -0.2) is 5.10 Å². The molecule has 0 spiro atoms. The fourth-order valence-electron chi connectivity index (χ4n) is 2.04. The van der Waals surface area contributed by atoms with Crippen LogP contribution in [-0.4, -0.2) is 21.1 Å². The second-order valence-corrected chi connectivity index (χ2v) is 6.13. The predicted octanol–water partition coefficient (Wildman–Crippen LogP) is 4.56. The molecule has 1 heterocycles. The van der Waals surface area contributed by atoms with Crippen molar-refractivity contribution in [1.29, 1.82) is 0 Å². The van der Waals surface area contributed by atoms with Crippen molar-refractivity contribution in [2.45, 2.75) is 6.92 Å².